The number of nitrogens with zero attached hydrogens (tertiary/aromatic N) is 4. The summed E-state index contributed by atoms with van der Waals surface area (Å²) in [5, 5.41) is 17.0. The van der Waals surface area contributed by atoms with Crippen LogP contribution in [0.15, 0.2) is 42.6 Å². The van der Waals surface area contributed by atoms with Gasteiger partial charge in [0.15, 0.2) is 5.82 Å². The summed E-state index contributed by atoms with van der Waals surface area (Å²) < 4.78 is 18.8. The van der Waals surface area contributed by atoms with Crippen LogP contribution in [0.2, 0.25) is 5.02 Å². The number of β-amino-alcohol motifs (C(OH)–C–C–N with tert-alkyl or cyclic N) is 1. The van der Waals surface area contributed by atoms with Crippen LogP contribution < -0.4 is 20.7 Å². The lowest BCUT2D eigenvalue weighted by molar-refractivity contribution is 0.0805. The van der Waals surface area contributed by atoms with E-state index >= 15 is 0 Å². The van der Waals surface area contributed by atoms with Gasteiger partial charge >= 0.3 is 0 Å². The van der Waals surface area contributed by atoms with Crippen LogP contribution in [0.25, 0.3) is 0 Å². The Kier molecular flexibility index (Phi) is 9.52. The number of aliphatic hydroxyl groups excluding tert-OH is 1. The van der Waals surface area contributed by atoms with E-state index in [1.165, 1.54) is 11.1 Å². The normalized spacial score (nSPS) is 18.4. The van der Waals surface area contributed by atoms with Gasteiger partial charge in [-0.1, -0.05) is 29.8 Å². The van der Waals surface area contributed by atoms with Crippen molar-refractivity contribution in [2.24, 2.45) is 0 Å². The van der Waals surface area contributed by atoms with Gasteiger partial charge in [-0.25, -0.2) is 4.98 Å². The number of methoxy groups -OCH3 is 1. The van der Waals surface area contributed by atoms with Gasteiger partial charge in [0.05, 0.1) is 31.3 Å². The minimum Gasteiger partial charge on any atom is -0.494 e. The van der Waals surface area contributed by atoms with Crippen molar-refractivity contribution in [3.05, 3.63) is 58.7 Å². The van der Waals surface area contributed by atoms with Gasteiger partial charge in [0.1, 0.15) is 17.9 Å². The Balaban J connectivity index is 1.34. The highest BCUT2D eigenvalue weighted by Crippen LogP contribution is 2.40. The molecular formula is C30H40ClN6O3P. The fraction of sp³-hybridized carbons (Fsp3) is 0.467. The van der Waals surface area contributed by atoms with Gasteiger partial charge in [-0.05, 0) is 68.3 Å². The van der Waals surface area contributed by atoms with Crippen LogP contribution in [-0.2, 0) is 17.4 Å². The Bertz CT molecular complexity index is 1410. The van der Waals surface area contributed by atoms with Crippen LogP contribution in [0.3, 0.4) is 0 Å². The molecule has 2 aromatic carbocycles. The van der Waals surface area contributed by atoms with E-state index < -0.39 is 7.14 Å². The summed E-state index contributed by atoms with van der Waals surface area (Å²) in [5.74, 6) is 1.64. The maximum Gasteiger partial charge on any atom is 0.229 e. The molecule has 1 aliphatic carbocycles. The molecule has 0 unspecified atom stereocenters. The quantitative estimate of drug-likeness (QED) is 0.238. The molecule has 11 heteroatoms. The number of ether oxygens (including phenoxy) is 1. The van der Waals surface area contributed by atoms with E-state index in [2.05, 4.69) is 36.5 Å². The first kappa shape index (κ1) is 29.8. The zero-order valence-corrected chi connectivity index (χ0v) is 25.7. The van der Waals surface area contributed by atoms with Gasteiger partial charge in [-0.2, -0.15) is 4.98 Å². The fourth-order valence-electron chi connectivity index (χ4n) is 5.95. The van der Waals surface area contributed by atoms with Crippen molar-refractivity contribution >= 4 is 47.2 Å². The van der Waals surface area contributed by atoms with Gasteiger partial charge in [-0.15, -0.1) is 0 Å². The fourth-order valence-corrected chi connectivity index (χ4v) is 7.25. The molecule has 1 atom stereocenters. The molecule has 1 fully saturated rings. The summed E-state index contributed by atoms with van der Waals surface area (Å²) in [6.07, 6.45) is 5.75. The highest BCUT2D eigenvalue weighted by Gasteiger charge is 2.28. The molecule has 0 bridgehead atoms. The molecule has 9 nitrogen and oxygen atoms in total. The van der Waals surface area contributed by atoms with E-state index in [9.17, 15) is 9.67 Å². The van der Waals surface area contributed by atoms with E-state index in [1.54, 1.807) is 26.6 Å². The molecule has 41 heavy (non-hydrogen) atoms. The Morgan fingerprint density at radius 3 is 2.61 bits per heavy atom. The number of benzene rings is 2. The Labute approximate surface area is 247 Å². The summed E-state index contributed by atoms with van der Waals surface area (Å²) in [7, 11) is -0.803. The summed E-state index contributed by atoms with van der Waals surface area (Å²) in [5.41, 5.74) is 4.08. The Hall–Kier alpha value is -2.68. The second-order valence-electron chi connectivity index (χ2n) is 11.1. The Morgan fingerprint density at radius 1 is 1.10 bits per heavy atom. The summed E-state index contributed by atoms with van der Waals surface area (Å²) in [6, 6.07) is 12.3. The molecule has 220 valence electrons. The number of halogens is 1. The van der Waals surface area contributed by atoms with E-state index in [0.717, 1.165) is 75.1 Å². The monoisotopic (exact) mass is 598 g/mol. The largest absolute Gasteiger partial charge is 0.494 e. The molecule has 0 spiro atoms. The number of rotatable bonds is 9. The van der Waals surface area contributed by atoms with E-state index in [4.69, 9.17) is 16.3 Å². The van der Waals surface area contributed by atoms with Gasteiger partial charge in [0, 0.05) is 44.1 Å². The maximum absolute atomic E-state index is 12.8. The topological polar surface area (TPSA) is 103 Å². The Morgan fingerprint density at radius 2 is 1.88 bits per heavy atom. The van der Waals surface area contributed by atoms with Crippen LogP contribution in [-0.4, -0.2) is 90.7 Å². The molecule has 1 aromatic heterocycles. The second-order valence-corrected chi connectivity index (χ2v) is 14.7. The van der Waals surface area contributed by atoms with Crippen LogP contribution in [0.1, 0.15) is 24.0 Å². The molecule has 5 rings (SSSR count). The van der Waals surface area contributed by atoms with Crippen molar-refractivity contribution in [2.75, 3.05) is 70.4 Å². The van der Waals surface area contributed by atoms with Crippen molar-refractivity contribution in [1.82, 2.24) is 19.8 Å². The van der Waals surface area contributed by atoms with Gasteiger partial charge in [0.2, 0.25) is 5.95 Å². The number of aliphatic hydroxyl groups is 1. The van der Waals surface area contributed by atoms with Crippen LogP contribution in [0, 0.1) is 0 Å². The molecule has 1 aliphatic heterocycles. The number of aromatic nitrogens is 2. The number of piperazine rings is 1. The summed E-state index contributed by atoms with van der Waals surface area (Å²) in [6.45, 7) is 8.57. The number of para-hydroxylation sites is 1. The van der Waals surface area contributed by atoms with Crippen molar-refractivity contribution in [3.8, 4) is 5.75 Å². The maximum atomic E-state index is 12.8. The number of anilines is 4. The van der Waals surface area contributed by atoms with Crippen LogP contribution >= 0.6 is 18.7 Å². The number of hydrogen-bond donors (Lipinski definition) is 3. The highest BCUT2D eigenvalue weighted by molar-refractivity contribution is 7.70. The third-order valence-corrected chi connectivity index (χ3v) is 9.88. The predicted octanol–water partition coefficient (Wildman–Crippen LogP) is 4.73. The average Bonchev–Trinajstić information content (AvgIpc) is 3.18. The van der Waals surface area contributed by atoms with Crippen LogP contribution in [0.5, 0.6) is 5.75 Å². The lowest BCUT2D eigenvalue weighted by atomic mass is 9.98. The molecule has 3 N–H and O–H groups in total. The van der Waals surface area contributed by atoms with E-state index in [-0.39, 0.29) is 6.61 Å². The van der Waals surface area contributed by atoms with Crippen molar-refractivity contribution in [1.29, 1.82) is 0 Å². The second kappa shape index (κ2) is 13.1. The van der Waals surface area contributed by atoms with Gasteiger partial charge in [0.25, 0.3) is 0 Å². The third kappa shape index (κ3) is 7.04. The SMILES string of the molecule is COc1c(Nc2ncc(Cl)c(Nc3ccccc3P(C)(C)=O)n2)ccc2c1CCC[C@@H](N1CCN(CCO)CC1)C2. The lowest BCUT2D eigenvalue weighted by Crippen LogP contribution is -2.51. The first-order valence-electron chi connectivity index (χ1n) is 14.2. The van der Waals surface area contributed by atoms with Crippen molar-refractivity contribution in [3.63, 3.8) is 0 Å². The zero-order valence-electron chi connectivity index (χ0n) is 24.1. The molecule has 0 radical (unpaired) electrons. The smallest absolute Gasteiger partial charge is 0.229 e. The minimum absolute atomic E-state index is 0.223. The van der Waals surface area contributed by atoms with Gasteiger partial charge < -0.3 is 25.0 Å². The highest BCUT2D eigenvalue weighted by atomic mass is 35.5. The minimum atomic E-state index is -2.52. The molecule has 2 heterocycles. The number of nitrogens with one attached hydrogen (secondary N) is 2. The van der Waals surface area contributed by atoms with Crippen LogP contribution in [0.4, 0.5) is 23.1 Å². The average molecular weight is 599 g/mol. The third-order valence-electron chi connectivity index (χ3n) is 8.05. The van der Waals surface area contributed by atoms with Gasteiger partial charge in [-0.3, -0.25) is 9.80 Å². The number of fused-ring (bicyclic) bond motifs is 1. The molecule has 2 aliphatic rings. The van der Waals surface area contributed by atoms with E-state index in [0.29, 0.717) is 28.5 Å². The molecule has 0 saturated carbocycles. The zero-order chi connectivity index (χ0) is 29.0. The van der Waals surface area contributed by atoms with E-state index in [1.807, 2.05) is 30.3 Å². The molecule has 3 aromatic rings. The first-order valence-corrected chi connectivity index (χ1v) is 17.2. The predicted molar refractivity (Wildman–Crippen MR) is 168 cm³/mol. The molecule has 0 amide bonds. The van der Waals surface area contributed by atoms with Crippen molar-refractivity contribution < 1.29 is 14.4 Å². The standard InChI is InChI=1S/C30H40ClN6O3P/c1-40-28-23-8-6-7-22(37-15-13-36(14-16-37)17-18-38)19-21(23)11-12-26(28)34-30-32-20-24(31)29(35-30)33-25-9-4-5-10-27(25)41(2,3)39/h4-5,9-12,20,22,38H,6-8,13-19H2,1-3H3,(H2,32,33,34,35)/t22-/m1/s1. The molecule has 1 saturated heterocycles. The summed E-state index contributed by atoms with van der Waals surface area (Å²) >= 11 is 6.46. The lowest BCUT2D eigenvalue weighted by Gasteiger charge is -2.39. The molecular weight excluding hydrogens is 559 g/mol. The van der Waals surface area contributed by atoms with Crippen molar-refractivity contribution in [2.45, 2.75) is 31.7 Å². The number of hydrogen-bond acceptors (Lipinski definition) is 9. The first-order chi connectivity index (χ1) is 19.8. The summed E-state index contributed by atoms with van der Waals surface area (Å²) in [4.78, 5) is 14.0.